The third-order valence-electron chi connectivity index (χ3n) is 3.50. The smallest absolute Gasteiger partial charge is 0.335 e. The molecule has 0 unspecified atom stereocenters. The molecule has 0 heterocycles. The number of carbonyl (C=O) groups is 2. The van der Waals surface area contributed by atoms with Crippen molar-refractivity contribution in [3.8, 4) is 5.75 Å². The predicted molar refractivity (Wildman–Crippen MR) is 94.7 cm³/mol. The van der Waals surface area contributed by atoms with Gasteiger partial charge in [0.15, 0.2) is 0 Å². The van der Waals surface area contributed by atoms with E-state index < -0.39 is 5.97 Å². The minimum Gasteiger partial charge on any atom is -0.494 e. The highest BCUT2D eigenvalue weighted by Crippen LogP contribution is 2.12. The lowest BCUT2D eigenvalue weighted by atomic mass is 10.1. The molecule has 0 atom stereocenters. The lowest BCUT2D eigenvalue weighted by Crippen LogP contribution is -2.34. The van der Waals surface area contributed by atoms with Crippen molar-refractivity contribution in [2.75, 3.05) is 6.61 Å². The first kappa shape index (κ1) is 18.3. The second-order valence-electron chi connectivity index (χ2n) is 5.53. The summed E-state index contributed by atoms with van der Waals surface area (Å²) in [4.78, 5) is 22.6. The van der Waals surface area contributed by atoms with E-state index in [1.54, 1.807) is 12.1 Å². The summed E-state index contributed by atoms with van der Waals surface area (Å²) in [6.45, 7) is 3.48. The van der Waals surface area contributed by atoms with Gasteiger partial charge in [0.1, 0.15) is 5.75 Å². The summed E-state index contributed by atoms with van der Waals surface area (Å²) in [7, 11) is 0. The van der Waals surface area contributed by atoms with E-state index in [0.717, 1.165) is 23.3 Å². The summed E-state index contributed by atoms with van der Waals surface area (Å²) >= 11 is 0. The Morgan fingerprint density at radius 2 is 1.44 bits per heavy atom. The maximum Gasteiger partial charge on any atom is 0.335 e. The van der Waals surface area contributed by atoms with Crippen LogP contribution in [0.1, 0.15) is 34.8 Å². The Hall–Kier alpha value is -3.02. The SMILES string of the molecule is CCCOc1ccc(CNC(=O)NCc2ccc(C(=O)O)cc2)cc1. The van der Waals surface area contributed by atoms with Crippen LogP contribution in [0.5, 0.6) is 5.75 Å². The van der Waals surface area contributed by atoms with E-state index in [4.69, 9.17) is 9.84 Å². The third kappa shape index (κ3) is 6.18. The Bertz CT molecular complexity index is 696. The fourth-order valence-corrected chi connectivity index (χ4v) is 2.12. The first-order chi connectivity index (χ1) is 12.1. The van der Waals surface area contributed by atoms with Gasteiger partial charge in [-0.15, -0.1) is 0 Å². The highest BCUT2D eigenvalue weighted by molar-refractivity contribution is 5.87. The van der Waals surface area contributed by atoms with E-state index in [-0.39, 0.29) is 11.6 Å². The van der Waals surface area contributed by atoms with Crippen LogP contribution in [0, 0.1) is 0 Å². The molecule has 2 aromatic rings. The molecule has 0 aliphatic heterocycles. The van der Waals surface area contributed by atoms with Crippen LogP contribution in [-0.4, -0.2) is 23.7 Å². The highest BCUT2D eigenvalue weighted by atomic mass is 16.5. The van der Waals surface area contributed by atoms with Crippen LogP contribution >= 0.6 is 0 Å². The quantitative estimate of drug-likeness (QED) is 0.687. The van der Waals surface area contributed by atoms with Crippen molar-refractivity contribution < 1.29 is 19.4 Å². The van der Waals surface area contributed by atoms with Crippen LogP contribution in [-0.2, 0) is 13.1 Å². The molecule has 2 rings (SSSR count). The zero-order valence-corrected chi connectivity index (χ0v) is 14.1. The van der Waals surface area contributed by atoms with Crippen molar-refractivity contribution in [2.45, 2.75) is 26.4 Å². The van der Waals surface area contributed by atoms with Gasteiger partial charge in [0.05, 0.1) is 12.2 Å². The number of aromatic carboxylic acids is 1. The molecular formula is C19H22N2O4. The molecule has 6 heteroatoms. The molecule has 3 N–H and O–H groups in total. The van der Waals surface area contributed by atoms with Gasteiger partial charge in [-0.1, -0.05) is 31.2 Å². The molecule has 0 aromatic heterocycles. The van der Waals surface area contributed by atoms with E-state index in [0.29, 0.717) is 19.7 Å². The lowest BCUT2D eigenvalue weighted by molar-refractivity contribution is 0.0697. The van der Waals surface area contributed by atoms with Crippen LogP contribution in [0.25, 0.3) is 0 Å². The summed E-state index contributed by atoms with van der Waals surface area (Å²) in [5.41, 5.74) is 2.03. The monoisotopic (exact) mass is 342 g/mol. The Morgan fingerprint density at radius 1 is 0.920 bits per heavy atom. The minimum atomic E-state index is -0.969. The van der Waals surface area contributed by atoms with E-state index in [9.17, 15) is 9.59 Å². The van der Waals surface area contributed by atoms with Gasteiger partial charge in [0.2, 0.25) is 0 Å². The van der Waals surface area contributed by atoms with Crippen molar-refractivity contribution in [1.29, 1.82) is 0 Å². The number of rotatable bonds is 8. The molecule has 0 aliphatic rings. The first-order valence-corrected chi connectivity index (χ1v) is 8.14. The molecule has 0 saturated heterocycles. The number of carboxylic acid groups (broad SMARTS) is 1. The highest BCUT2D eigenvalue weighted by Gasteiger charge is 2.04. The Morgan fingerprint density at radius 3 is 1.92 bits per heavy atom. The third-order valence-corrected chi connectivity index (χ3v) is 3.50. The number of carboxylic acids is 1. The maximum atomic E-state index is 11.8. The van der Waals surface area contributed by atoms with Crippen LogP contribution < -0.4 is 15.4 Å². The molecule has 6 nitrogen and oxygen atoms in total. The Balaban J connectivity index is 1.74. The molecule has 2 amide bonds. The second kappa shape index (κ2) is 9.32. The van der Waals surface area contributed by atoms with Gasteiger partial charge in [0.25, 0.3) is 0 Å². The van der Waals surface area contributed by atoms with Gasteiger partial charge in [-0.25, -0.2) is 9.59 Å². The number of ether oxygens (including phenoxy) is 1. The van der Waals surface area contributed by atoms with Crippen LogP contribution in [0.4, 0.5) is 4.79 Å². The van der Waals surface area contributed by atoms with Crippen LogP contribution in [0.3, 0.4) is 0 Å². The van der Waals surface area contributed by atoms with Gasteiger partial charge < -0.3 is 20.5 Å². The van der Waals surface area contributed by atoms with E-state index in [1.165, 1.54) is 12.1 Å². The van der Waals surface area contributed by atoms with Crippen LogP contribution in [0.2, 0.25) is 0 Å². The van der Waals surface area contributed by atoms with Crippen molar-refractivity contribution in [1.82, 2.24) is 10.6 Å². The average molecular weight is 342 g/mol. The summed E-state index contributed by atoms with van der Waals surface area (Å²) < 4.78 is 5.51. The number of carbonyl (C=O) groups excluding carboxylic acids is 1. The van der Waals surface area contributed by atoms with E-state index in [1.807, 2.05) is 24.3 Å². The second-order valence-corrected chi connectivity index (χ2v) is 5.53. The number of amides is 2. The summed E-state index contributed by atoms with van der Waals surface area (Å²) in [5, 5.41) is 14.4. The van der Waals surface area contributed by atoms with Gasteiger partial charge in [-0.05, 0) is 41.8 Å². The lowest BCUT2D eigenvalue weighted by Gasteiger charge is -2.09. The molecule has 2 aromatic carbocycles. The number of hydrogen-bond donors (Lipinski definition) is 3. The van der Waals surface area contributed by atoms with Crippen molar-refractivity contribution in [3.05, 3.63) is 65.2 Å². The normalized spacial score (nSPS) is 10.1. The number of benzene rings is 2. The number of hydrogen-bond acceptors (Lipinski definition) is 3. The molecule has 0 saturated carbocycles. The predicted octanol–water partition coefficient (Wildman–Crippen LogP) is 3.17. The van der Waals surface area contributed by atoms with Gasteiger partial charge in [-0.3, -0.25) is 0 Å². The maximum absolute atomic E-state index is 11.8. The summed E-state index contributed by atoms with van der Waals surface area (Å²) in [6, 6.07) is 13.7. The zero-order chi connectivity index (χ0) is 18.1. The Labute approximate surface area is 146 Å². The largest absolute Gasteiger partial charge is 0.494 e. The molecule has 0 radical (unpaired) electrons. The fraction of sp³-hybridized carbons (Fsp3) is 0.263. The van der Waals surface area contributed by atoms with E-state index in [2.05, 4.69) is 17.6 Å². The van der Waals surface area contributed by atoms with Crippen LogP contribution in [0.15, 0.2) is 48.5 Å². The molecule has 0 spiro atoms. The van der Waals surface area contributed by atoms with Gasteiger partial charge in [-0.2, -0.15) is 0 Å². The number of urea groups is 1. The zero-order valence-electron chi connectivity index (χ0n) is 14.1. The molecular weight excluding hydrogens is 320 g/mol. The van der Waals surface area contributed by atoms with Crippen molar-refractivity contribution >= 4 is 12.0 Å². The molecule has 0 aliphatic carbocycles. The van der Waals surface area contributed by atoms with Crippen molar-refractivity contribution in [3.63, 3.8) is 0 Å². The molecule has 25 heavy (non-hydrogen) atoms. The summed E-state index contributed by atoms with van der Waals surface area (Å²) in [6.07, 6.45) is 0.961. The molecule has 0 fully saturated rings. The number of nitrogens with one attached hydrogen (secondary N) is 2. The fourth-order valence-electron chi connectivity index (χ4n) is 2.12. The minimum absolute atomic E-state index is 0.222. The topological polar surface area (TPSA) is 87.7 Å². The summed E-state index contributed by atoms with van der Waals surface area (Å²) in [5.74, 6) is -0.150. The molecule has 132 valence electrons. The molecule has 0 bridgehead atoms. The average Bonchev–Trinajstić information content (AvgIpc) is 2.64. The first-order valence-electron chi connectivity index (χ1n) is 8.14. The van der Waals surface area contributed by atoms with Gasteiger partial charge >= 0.3 is 12.0 Å². The van der Waals surface area contributed by atoms with E-state index >= 15 is 0 Å². The Kier molecular flexibility index (Phi) is 6.83. The van der Waals surface area contributed by atoms with Gasteiger partial charge in [0, 0.05) is 13.1 Å². The standard InChI is InChI=1S/C19H22N2O4/c1-2-11-25-17-9-5-15(6-10-17)13-21-19(24)20-12-14-3-7-16(8-4-14)18(22)23/h3-10H,2,11-13H2,1H3,(H,22,23)(H2,20,21,24). The van der Waals surface area contributed by atoms with Crippen molar-refractivity contribution in [2.24, 2.45) is 0 Å².